The summed E-state index contributed by atoms with van der Waals surface area (Å²) in [5, 5.41) is 8.56. The zero-order valence-corrected chi connectivity index (χ0v) is 10.6. The molecular formula is C13H17N3O2. The van der Waals surface area contributed by atoms with Gasteiger partial charge in [0, 0.05) is 13.6 Å². The van der Waals surface area contributed by atoms with Gasteiger partial charge in [-0.05, 0) is 19.1 Å². The number of rotatable bonds is 5. The first-order chi connectivity index (χ1) is 8.61. The molecule has 0 aliphatic carbocycles. The largest absolute Gasteiger partial charge is 0.462 e. The van der Waals surface area contributed by atoms with Gasteiger partial charge in [-0.3, -0.25) is 0 Å². The summed E-state index contributed by atoms with van der Waals surface area (Å²) in [6.45, 7) is 2.62. The molecule has 0 atom stereocenters. The van der Waals surface area contributed by atoms with Crippen LogP contribution < -0.4 is 10.6 Å². The summed E-state index contributed by atoms with van der Waals surface area (Å²) in [5.74, 6) is -0.425. The topological polar surface area (TPSA) is 79.3 Å². The lowest BCUT2D eigenvalue weighted by molar-refractivity contribution is 0.0527. The fraction of sp³-hybridized carbons (Fsp3) is 0.385. The number of hydrogen-bond donors (Lipinski definition) is 1. The van der Waals surface area contributed by atoms with Crippen molar-refractivity contribution in [2.24, 2.45) is 0 Å². The van der Waals surface area contributed by atoms with Gasteiger partial charge in [-0.25, -0.2) is 4.79 Å². The second kappa shape index (κ2) is 6.50. The highest BCUT2D eigenvalue weighted by Crippen LogP contribution is 2.26. The van der Waals surface area contributed by atoms with E-state index in [-0.39, 0.29) is 0 Å². The van der Waals surface area contributed by atoms with Crippen molar-refractivity contribution in [2.45, 2.75) is 13.3 Å². The molecular weight excluding hydrogens is 230 g/mol. The van der Waals surface area contributed by atoms with E-state index in [0.29, 0.717) is 30.8 Å². The Morgan fingerprint density at radius 1 is 1.56 bits per heavy atom. The zero-order valence-electron chi connectivity index (χ0n) is 10.6. The van der Waals surface area contributed by atoms with Crippen molar-refractivity contribution >= 4 is 17.3 Å². The molecule has 5 nitrogen and oxygen atoms in total. The second-order valence-electron chi connectivity index (χ2n) is 3.79. The van der Waals surface area contributed by atoms with E-state index in [4.69, 9.17) is 15.7 Å². The van der Waals surface area contributed by atoms with E-state index in [0.717, 1.165) is 5.69 Å². The molecule has 0 aliphatic heterocycles. The van der Waals surface area contributed by atoms with Crippen LogP contribution in [0.3, 0.4) is 0 Å². The summed E-state index contributed by atoms with van der Waals surface area (Å²) >= 11 is 0. The number of nitrogen functional groups attached to an aromatic ring is 1. The van der Waals surface area contributed by atoms with Crippen LogP contribution in [0.25, 0.3) is 0 Å². The second-order valence-corrected chi connectivity index (χ2v) is 3.79. The van der Waals surface area contributed by atoms with Crippen LogP contribution in [0.5, 0.6) is 0 Å². The molecule has 0 bridgehead atoms. The summed E-state index contributed by atoms with van der Waals surface area (Å²) in [5.41, 5.74) is 7.44. The summed E-state index contributed by atoms with van der Waals surface area (Å²) in [6.07, 6.45) is 0.402. The molecule has 0 amide bonds. The maximum absolute atomic E-state index is 11.7. The van der Waals surface area contributed by atoms with Crippen LogP contribution in [0.15, 0.2) is 18.2 Å². The normalized spacial score (nSPS) is 9.61. The molecule has 1 aromatic rings. The molecule has 96 valence electrons. The zero-order chi connectivity index (χ0) is 13.5. The van der Waals surface area contributed by atoms with E-state index in [9.17, 15) is 4.79 Å². The van der Waals surface area contributed by atoms with Crippen LogP contribution in [0.4, 0.5) is 11.4 Å². The Morgan fingerprint density at radius 3 is 2.89 bits per heavy atom. The molecule has 18 heavy (non-hydrogen) atoms. The first-order valence-electron chi connectivity index (χ1n) is 5.75. The highest BCUT2D eigenvalue weighted by Gasteiger charge is 2.15. The van der Waals surface area contributed by atoms with Gasteiger partial charge in [0.05, 0.1) is 36.0 Å². The number of nitrogens with zero attached hydrogens (tertiary/aromatic N) is 2. The number of hydrogen-bond acceptors (Lipinski definition) is 5. The molecule has 0 unspecified atom stereocenters. The first-order valence-corrected chi connectivity index (χ1v) is 5.75. The average molecular weight is 247 g/mol. The fourth-order valence-corrected chi connectivity index (χ4v) is 1.61. The first kappa shape index (κ1) is 13.8. The maximum atomic E-state index is 11.7. The van der Waals surface area contributed by atoms with E-state index < -0.39 is 5.97 Å². The number of nitrogens with two attached hydrogens (primary N) is 1. The molecule has 0 radical (unpaired) electrons. The molecule has 0 aliphatic rings. The van der Waals surface area contributed by atoms with Crippen molar-refractivity contribution in [1.82, 2.24) is 0 Å². The summed E-state index contributed by atoms with van der Waals surface area (Å²) in [4.78, 5) is 13.5. The highest BCUT2D eigenvalue weighted by atomic mass is 16.5. The minimum Gasteiger partial charge on any atom is -0.462 e. The van der Waals surface area contributed by atoms with Gasteiger partial charge in [-0.1, -0.05) is 6.07 Å². The van der Waals surface area contributed by atoms with Gasteiger partial charge in [-0.2, -0.15) is 5.26 Å². The summed E-state index contributed by atoms with van der Waals surface area (Å²) in [6, 6.07) is 7.27. The summed E-state index contributed by atoms with van der Waals surface area (Å²) in [7, 11) is 1.83. The monoisotopic (exact) mass is 247 g/mol. The molecule has 5 heteroatoms. The molecule has 0 aromatic heterocycles. The van der Waals surface area contributed by atoms with Crippen molar-refractivity contribution in [3.8, 4) is 6.07 Å². The number of para-hydroxylation sites is 1. The molecule has 0 saturated heterocycles. The quantitative estimate of drug-likeness (QED) is 0.634. The molecule has 0 fully saturated rings. The Hall–Kier alpha value is -2.22. The number of carbonyl (C=O) groups is 1. The predicted molar refractivity (Wildman–Crippen MR) is 70.3 cm³/mol. The van der Waals surface area contributed by atoms with Crippen molar-refractivity contribution < 1.29 is 9.53 Å². The SMILES string of the molecule is CCOC(=O)c1cccc(N(C)CCC#N)c1N. The van der Waals surface area contributed by atoms with E-state index in [1.807, 2.05) is 18.0 Å². The van der Waals surface area contributed by atoms with Crippen molar-refractivity contribution in [1.29, 1.82) is 5.26 Å². The summed E-state index contributed by atoms with van der Waals surface area (Å²) < 4.78 is 4.93. The number of anilines is 2. The van der Waals surface area contributed by atoms with Crippen LogP contribution in [-0.4, -0.2) is 26.2 Å². The minimum absolute atomic E-state index is 0.312. The standard InChI is InChI=1S/C13H17N3O2/c1-3-18-13(17)10-6-4-7-11(12(10)15)16(2)9-5-8-14/h4,6-7H,3,5,9,15H2,1-2H3. The van der Waals surface area contributed by atoms with E-state index in [1.165, 1.54) is 0 Å². The maximum Gasteiger partial charge on any atom is 0.340 e. The smallest absolute Gasteiger partial charge is 0.340 e. The van der Waals surface area contributed by atoms with E-state index >= 15 is 0 Å². The highest BCUT2D eigenvalue weighted by molar-refractivity contribution is 5.98. The number of benzene rings is 1. The number of ether oxygens (including phenoxy) is 1. The fourth-order valence-electron chi connectivity index (χ4n) is 1.61. The molecule has 2 N–H and O–H groups in total. The molecule has 0 spiro atoms. The van der Waals surface area contributed by atoms with Crippen molar-refractivity contribution in [2.75, 3.05) is 30.8 Å². The Balaban J connectivity index is 2.98. The Labute approximate surface area is 107 Å². The number of esters is 1. The number of nitriles is 1. The average Bonchev–Trinajstić information content (AvgIpc) is 2.36. The molecule has 0 heterocycles. The lowest BCUT2D eigenvalue weighted by Gasteiger charge is -2.20. The van der Waals surface area contributed by atoms with Gasteiger partial charge in [0.2, 0.25) is 0 Å². The van der Waals surface area contributed by atoms with Crippen LogP contribution in [0, 0.1) is 11.3 Å². The molecule has 1 rings (SSSR count). The van der Waals surface area contributed by atoms with Crippen LogP contribution in [-0.2, 0) is 4.74 Å². The van der Waals surface area contributed by atoms with Crippen molar-refractivity contribution in [3.05, 3.63) is 23.8 Å². The third-order valence-electron chi connectivity index (χ3n) is 2.55. The Morgan fingerprint density at radius 2 is 2.28 bits per heavy atom. The lowest BCUT2D eigenvalue weighted by Crippen LogP contribution is -2.20. The van der Waals surface area contributed by atoms with Gasteiger partial charge in [0.15, 0.2) is 0 Å². The van der Waals surface area contributed by atoms with E-state index in [1.54, 1.807) is 19.1 Å². The van der Waals surface area contributed by atoms with Gasteiger partial charge < -0.3 is 15.4 Å². The molecule has 1 aromatic carbocycles. The van der Waals surface area contributed by atoms with Crippen LogP contribution in [0.2, 0.25) is 0 Å². The van der Waals surface area contributed by atoms with Crippen molar-refractivity contribution in [3.63, 3.8) is 0 Å². The van der Waals surface area contributed by atoms with Crippen LogP contribution >= 0.6 is 0 Å². The third kappa shape index (κ3) is 3.14. The van der Waals surface area contributed by atoms with Gasteiger partial charge in [-0.15, -0.1) is 0 Å². The van der Waals surface area contributed by atoms with Gasteiger partial charge in [0.25, 0.3) is 0 Å². The van der Waals surface area contributed by atoms with Gasteiger partial charge >= 0.3 is 5.97 Å². The van der Waals surface area contributed by atoms with Crippen LogP contribution in [0.1, 0.15) is 23.7 Å². The van der Waals surface area contributed by atoms with E-state index in [2.05, 4.69) is 6.07 Å². The third-order valence-corrected chi connectivity index (χ3v) is 2.55. The lowest BCUT2D eigenvalue weighted by atomic mass is 10.1. The number of carbonyl (C=O) groups excluding carboxylic acids is 1. The predicted octanol–water partition coefficient (Wildman–Crippen LogP) is 1.80. The minimum atomic E-state index is -0.425. The Bertz CT molecular complexity index is 466. The van der Waals surface area contributed by atoms with Gasteiger partial charge in [0.1, 0.15) is 0 Å². The Kier molecular flexibility index (Phi) is 5.00. The molecule has 0 saturated carbocycles.